The summed E-state index contributed by atoms with van der Waals surface area (Å²) in [4.78, 5) is 35.6. The number of aliphatic hydroxyl groups excluding tert-OH is 1. The molecule has 2 amide bonds. The number of amides is 2. The number of nitrogens with one attached hydrogen (secondary N) is 1. The van der Waals surface area contributed by atoms with Crippen LogP contribution in [0.25, 0.3) is 0 Å². The maximum Gasteiger partial charge on any atom is 0.328 e. The molecule has 0 aromatic heterocycles. The average Bonchev–Trinajstić information content (AvgIpc) is 2.67. The third kappa shape index (κ3) is 3.19. The number of likely N-dealkylation sites (tertiary alicyclic amines) is 1. The van der Waals surface area contributed by atoms with Gasteiger partial charge in [0.2, 0.25) is 11.8 Å². The number of rotatable bonds is 5. The van der Waals surface area contributed by atoms with Crippen molar-refractivity contribution in [1.29, 1.82) is 0 Å². The van der Waals surface area contributed by atoms with Gasteiger partial charge in [-0.3, -0.25) is 9.59 Å². The lowest BCUT2D eigenvalue weighted by Gasteiger charge is -2.21. The first-order valence-corrected chi connectivity index (χ1v) is 5.80. The molecule has 2 atom stereocenters. The highest BCUT2D eigenvalue weighted by Gasteiger charge is 2.36. The van der Waals surface area contributed by atoms with E-state index in [1.807, 2.05) is 13.8 Å². The first-order valence-electron chi connectivity index (χ1n) is 5.80. The van der Waals surface area contributed by atoms with E-state index in [4.69, 9.17) is 10.2 Å². The van der Waals surface area contributed by atoms with Crippen LogP contribution in [-0.4, -0.2) is 58.1 Å². The summed E-state index contributed by atoms with van der Waals surface area (Å²) in [6.45, 7) is 3.33. The highest BCUT2D eigenvalue weighted by atomic mass is 16.4. The molecule has 7 heteroatoms. The monoisotopic (exact) mass is 258 g/mol. The molecule has 2 unspecified atom stereocenters. The lowest BCUT2D eigenvalue weighted by molar-refractivity contribution is -0.143. The molecule has 3 N–H and O–H groups in total. The number of carbonyl (C=O) groups excluding carboxylic acids is 2. The minimum absolute atomic E-state index is 0.0170. The van der Waals surface area contributed by atoms with Gasteiger partial charge in [0.25, 0.3) is 0 Å². The second-order valence-corrected chi connectivity index (χ2v) is 4.62. The maximum atomic E-state index is 11.8. The summed E-state index contributed by atoms with van der Waals surface area (Å²) in [5.41, 5.74) is 0. The van der Waals surface area contributed by atoms with Crippen LogP contribution < -0.4 is 5.32 Å². The van der Waals surface area contributed by atoms with Gasteiger partial charge in [0, 0.05) is 19.0 Å². The van der Waals surface area contributed by atoms with Crippen LogP contribution in [0.4, 0.5) is 0 Å². The molecule has 1 saturated heterocycles. The SMILES string of the molecule is CC(C)N1CC(C(=O)NC(CO)C(=O)O)CC1=O. The first-order chi connectivity index (χ1) is 8.36. The summed E-state index contributed by atoms with van der Waals surface area (Å²) >= 11 is 0. The number of carbonyl (C=O) groups is 3. The number of aliphatic carboxylic acids is 1. The highest BCUT2D eigenvalue weighted by Crippen LogP contribution is 2.20. The van der Waals surface area contributed by atoms with Crippen molar-refractivity contribution >= 4 is 17.8 Å². The number of carboxylic acids is 1. The Kier molecular flexibility index (Phi) is 4.66. The molecule has 1 aliphatic rings. The van der Waals surface area contributed by atoms with Crippen LogP contribution in [0.3, 0.4) is 0 Å². The van der Waals surface area contributed by atoms with Gasteiger partial charge in [-0.05, 0) is 13.8 Å². The summed E-state index contributed by atoms with van der Waals surface area (Å²) in [5.74, 6) is -2.46. The third-order valence-electron chi connectivity index (χ3n) is 2.95. The van der Waals surface area contributed by atoms with Crippen molar-refractivity contribution in [1.82, 2.24) is 10.2 Å². The fourth-order valence-corrected chi connectivity index (χ4v) is 1.88. The van der Waals surface area contributed by atoms with Crippen LogP contribution in [-0.2, 0) is 14.4 Å². The predicted octanol–water partition coefficient (Wildman–Crippen LogP) is -1.19. The van der Waals surface area contributed by atoms with Crippen molar-refractivity contribution in [3.8, 4) is 0 Å². The molecule has 0 aromatic rings. The van der Waals surface area contributed by atoms with Crippen LogP contribution in [0.5, 0.6) is 0 Å². The number of hydrogen-bond donors (Lipinski definition) is 3. The minimum Gasteiger partial charge on any atom is -0.480 e. The lowest BCUT2D eigenvalue weighted by atomic mass is 10.1. The molecule has 1 heterocycles. The van der Waals surface area contributed by atoms with E-state index in [1.54, 1.807) is 4.90 Å². The molecule has 7 nitrogen and oxygen atoms in total. The zero-order valence-electron chi connectivity index (χ0n) is 10.4. The minimum atomic E-state index is -1.32. The number of carboxylic acid groups (broad SMARTS) is 1. The Hall–Kier alpha value is -1.63. The van der Waals surface area contributed by atoms with Gasteiger partial charge in [0.05, 0.1) is 12.5 Å². The van der Waals surface area contributed by atoms with Crippen molar-refractivity contribution in [2.75, 3.05) is 13.2 Å². The highest BCUT2D eigenvalue weighted by molar-refractivity contribution is 5.91. The molecule has 0 radical (unpaired) electrons. The third-order valence-corrected chi connectivity index (χ3v) is 2.95. The summed E-state index contributed by atoms with van der Waals surface area (Å²) in [6, 6.07) is -1.30. The quantitative estimate of drug-likeness (QED) is 0.574. The zero-order valence-corrected chi connectivity index (χ0v) is 10.4. The van der Waals surface area contributed by atoms with Crippen molar-refractivity contribution in [2.45, 2.75) is 32.4 Å². The summed E-state index contributed by atoms with van der Waals surface area (Å²) < 4.78 is 0. The van der Waals surface area contributed by atoms with Gasteiger partial charge in [-0.1, -0.05) is 0 Å². The van der Waals surface area contributed by atoms with Crippen LogP contribution in [0.2, 0.25) is 0 Å². The van der Waals surface area contributed by atoms with Gasteiger partial charge in [-0.25, -0.2) is 4.79 Å². The van der Waals surface area contributed by atoms with E-state index in [2.05, 4.69) is 5.32 Å². The Bertz CT molecular complexity index is 355. The molecule has 0 saturated carbocycles. The zero-order chi connectivity index (χ0) is 13.9. The largest absolute Gasteiger partial charge is 0.480 e. The average molecular weight is 258 g/mol. The van der Waals surface area contributed by atoms with Gasteiger partial charge < -0.3 is 20.4 Å². The predicted molar refractivity (Wildman–Crippen MR) is 61.6 cm³/mol. The maximum absolute atomic E-state index is 11.8. The van der Waals surface area contributed by atoms with Crippen molar-refractivity contribution in [3.63, 3.8) is 0 Å². The normalized spacial score (nSPS) is 21.2. The fraction of sp³-hybridized carbons (Fsp3) is 0.727. The van der Waals surface area contributed by atoms with Crippen LogP contribution in [0.15, 0.2) is 0 Å². The van der Waals surface area contributed by atoms with Gasteiger partial charge in [-0.15, -0.1) is 0 Å². The second kappa shape index (κ2) is 5.81. The van der Waals surface area contributed by atoms with E-state index < -0.39 is 30.4 Å². The van der Waals surface area contributed by atoms with Gasteiger partial charge in [-0.2, -0.15) is 0 Å². The molecule has 18 heavy (non-hydrogen) atoms. The van der Waals surface area contributed by atoms with Crippen molar-refractivity contribution < 1.29 is 24.6 Å². The second-order valence-electron chi connectivity index (χ2n) is 4.62. The first kappa shape index (κ1) is 14.4. The van der Waals surface area contributed by atoms with Gasteiger partial charge >= 0.3 is 5.97 Å². The number of hydrogen-bond acceptors (Lipinski definition) is 4. The van der Waals surface area contributed by atoms with E-state index in [1.165, 1.54) is 0 Å². The van der Waals surface area contributed by atoms with Crippen LogP contribution in [0.1, 0.15) is 20.3 Å². The van der Waals surface area contributed by atoms with E-state index in [9.17, 15) is 14.4 Å². The van der Waals surface area contributed by atoms with Crippen molar-refractivity contribution in [2.24, 2.45) is 5.92 Å². The Morgan fingerprint density at radius 2 is 2.11 bits per heavy atom. The number of aliphatic hydroxyl groups is 1. The van der Waals surface area contributed by atoms with E-state index in [-0.39, 0.29) is 18.4 Å². The molecule has 1 aliphatic heterocycles. The number of nitrogens with zero attached hydrogens (tertiary/aromatic N) is 1. The molecule has 0 spiro atoms. The molecule has 0 aliphatic carbocycles. The Labute approximate surface area is 105 Å². The van der Waals surface area contributed by atoms with Gasteiger partial charge in [0.1, 0.15) is 6.04 Å². The van der Waals surface area contributed by atoms with Crippen LogP contribution >= 0.6 is 0 Å². The molecular formula is C11H18N2O5. The Morgan fingerprint density at radius 1 is 1.50 bits per heavy atom. The van der Waals surface area contributed by atoms with Crippen molar-refractivity contribution in [3.05, 3.63) is 0 Å². The Balaban J connectivity index is 2.59. The Morgan fingerprint density at radius 3 is 2.50 bits per heavy atom. The van der Waals surface area contributed by atoms with E-state index in [0.717, 1.165) is 0 Å². The smallest absolute Gasteiger partial charge is 0.328 e. The lowest BCUT2D eigenvalue weighted by Crippen LogP contribution is -2.46. The molecule has 1 fully saturated rings. The standard InChI is InChI=1S/C11H18N2O5/c1-6(2)13-4-7(3-9(13)15)10(16)12-8(5-14)11(17)18/h6-8,14H,3-5H2,1-2H3,(H,12,16)(H,17,18). The summed E-state index contributed by atoms with van der Waals surface area (Å²) in [6.07, 6.45) is 0.0851. The fourth-order valence-electron chi connectivity index (χ4n) is 1.88. The molecule has 0 aromatic carbocycles. The molecule has 0 bridgehead atoms. The summed E-state index contributed by atoms with van der Waals surface area (Å²) in [7, 11) is 0. The van der Waals surface area contributed by atoms with E-state index in [0.29, 0.717) is 6.54 Å². The molecule has 102 valence electrons. The molecular weight excluding hydrogens is 240 g/mol. The van der Waals surface area contributed by atoms with Gasteiger partial charge in [0.15, 0.2) is 0 Å². The summed E-state index contributed by atoms with van der Waals surface area (Å²) in [5, 5.41) is 19.7. The topological polar surface area (TPSA) is 107 Å². The molecule has 1 rings (SSSR count). The van der Waals surface area contributed by atoms with E-state index >= 15 is 0 Å². The van der Waals surface area contributed by atoms with Crippen LogP contribution in [0, 0.1) is 5.92 Å².